The maximum absolute atomic E-state index is 12.5. The Morgan fingerprint density at radius 2 is 1.89 bits per heavy atom. The molecule has 0 aliphatic carbocycles. The summed E-state index contributed by atoms with van der Waals surface area (Å²) in [6.07, 6.45) is 0. The lowest BCUT2D eigenvalue weighted by molar-refractivity contribution is -0.384. The lowest BCUT2D eigenvalue weighted by Crippen LogP contribution is -2.68. The van der Waals surface area contributed by atoms with Gasteiger partial charge >= 0.3 is 5.97 Å². The number of hydrogen-bond acceptors (Lipinski definition) is 7. The maximum Gasteiger partial charge on any atom is 0.337 e. The minimum Gasteiger partial charge on any atom is -0.459 e. The number of amides is 1. The Kier molecular flexibility index (Phi) is 4.51. The highest BCUT2D eigenvalue weighted by Gasteiger charge is 2.66. The summed E-state index contributed by atoms with van der Waals surface area (Å²) < 4.78 is 5.17. The molecule has 1 amide bonds. The van der Waals surface area contributed by atoms with Gasteiger partial charge in [0.15, 0.2) is 11.8 Å². The van der Waals surface area contributed by atoms with Gasteiger partial charge in [-0.3, -0.25) is 19.7 Å². The number of β-lactam (4-membered cyclic amide) rings is 1. The maximum atomic E-state index is 12.5. The van der Waals surface area contributed by atoms with E-state index in [1.807, 2.05) is 0 Å². The number of rotatable bonds is 5. The number of Topliss-reactive ketones (excluding diaryl/α,β-unsaturated/α-hetero) is 1. The molecule has 2 aliphatic rings. The minimum atomic E-state index is -1.31. The molecule has 1 aromatic rings. The molecule has 0 radical (unpaired) electrons. The van der Waals surface area contributed by atoms with Crippen LogP contribution in [0.2, 0.25) is 0 Å². The van der Waals surface area contributed by atoms with Gasteiger partial charge in [-0.1, -0.05) is 6.92 Å². The standard InChI is InChI=1S/C18H20N2O7/c1-9-13-12(18(2,3)24)16(22)19(13)14(15(9)21)17(23)27-8-10-4-6-11(7-5-10)20(25)26/h4-7,9,12-14,24H,8H2,1-3H3/t9-,12-,13-,14?/m1/s1. The van der Waals surface area contributed by atoms with E-state index in [1.54, 1.807) is 6.92 Å². The Hall–Kier alpha value is -2.81. The molecule has 2 fully saturated rings. The number of nitrogens with zero attached hydrogens (tertiary/aromatic N) is 2. The van der Waals surface area contributed by atoms with Crippen molar-refractivity contribution in [3.8, 4) is 0 Å². The zero-order valence-corrected chi connectivity index (χ0v) is 15.1. The minimum absolute atomic E-state index is 0.0865. The van der Waals surface area contributed by atoms with Crippen molar-refractivity contribution >= 4 is 23.3 Å². The molecule has 1 N–H and O–H groups in total. The van der Waals surface area contributed by atoms with Crippen molar-refractivity contribution in [2.45, 2.75) is 45.1 Å². The van der Waals surface area contributed by atoms with Crippen LogP contribution >= 0.6 is 0 Å². The molecular weight excluding hydrogens is 356 g/mol. The molecule has 0 bridgehead atoms. The lowest BCUT2D eigenvalue weighted by Gasteiger charge is -2.49. The summed E-state index contributed by atoms with van der Waals surface area (Å²) in [7, 11) is 0. The Balaban J connectivity index is 1.69. The van der Waals surface area contributed by atoms with E-state index in [0.717, 1.165) is 0 Å². The summed E-state index contributed by atoms with van der Waals surface area (Å²) >= 11 is 0. The number of esters is 1. The Labute approximate surface area is 155 Å². The van der Waals surface area contributed by atoms with Crippen LogP contribution in [0.25, 0.3) is 0 Å². The van der Waals surface area contributed by atoms with Crippen molar-refractivity contribution < 1.29 is 29.2 Å². The largest absolute Gasteiger partial charge is 0.459 e. The number of fused-ring (bicyclic) bond motifs is 1. The molecule has 9 heteroatoms. The number of hydrogen-bond donors (Lipinski definition) is 1. The van der Waals surface area contributed by atoms with Crippen LogP contribution in [-0.2, 0) is 25.7 Å². The highest BCUT2D eigenvalue weighted by molar-refractivity contribution is 6.12. The molecule has 3 rings (SSSR count). The SMILES string of the molecule is C[C@H]1C(=O)C(C(=O)OCc2ccc([N+](=O)[O-])cc2)N2C(=O)[C@H](C(C)(C)O)[C@@H]12. The first-order valence-electron chi connectivity index (χ1n) is 8.52. The normalized spacial score (nSPS) is 27.2. The third kappa shape index (κ3) is 3.08. The first-order valence-corrected chi connectivity index (χ1v) is 8.52. The molecule has 27 heavy (non-hydrogen) atoms. The molecule has 9 nitrogen and oxygen atoms in total. The number of carbonyl (C=O) groups excluding carboxylic acids is 3. The van der Waals surface area contributed by atoms with Gasteiger partial charge in [-0.2, -0.15) is 0 Å². The van der Waals surface area contributed by atoms with E-state index in [0.29, 0.717) is 5.56 Å². The van der Waals surface area contributed by atoms with E-state index in [9.17, 15) is 29.6 Å². The predicted molar refractivity (Wildman–Crippen MR) is 91.3 cm³/mol. The topological polar surface area (TPSA) is 127 Å². The zero-order valence-electron chi connectivity index (χ0n) is 15.1. The second-order valence-electron chi connectivity index (χ2n) is 7.49. The predicted octanol–water partition coefficient (Wildman–Crippen LogP) is 0.823. The molecule has 1 aromatic carbocycles. The van der Waals surface area contributed by atoms with E-state index in [-0.39, 0.29) is 12.3 Å². The van der Waals surface area contributed by atoms with E-state index < -0.39 is 52.1 Å². The number of ketones is 1. The molecule has 1 unspecified atom stereocenters. The van der Waals surface area contributed by atoms with Gasteiger partial charge in [0.25, 0.3) is 5.69 Å². The van der Waals surface area contributed by atoms with Crippen LogP contribution in [0.3, 0.4) is 0 Å². The van der Waals surface area contributed by atoms with Crippen LogP contribution in [0.4, 0.5) is 5.69 Å². The van der Waals surface area contributed by atoms with Gasteiger partial charge in [-0.25, -0.2) is 4.79 Å². The van der Waals surface area contributed by atoms with Gasteiger partial charge in [0.05, 0.1) is 22.5 Å². The van der Waals surface area contributed by atoms with Crippen LogP contribution in [0, 0.1) is 22.0 Å². The Bertz CT molecular complexity index is 812. The number of benzene rings is 1. The number of non-ortho nitro benzene ring substituents is 1. The average molecular weight is 376 g/mol. The quantitative estimate of drug-likeness (QED) is 0.265. The summed E-state index contributed by atoms with van der Waals surface area (Å²) in [6.45, 7) is 4.47. The first kappa shape index (κ1) is 19.0. The fraction of sp³-hybridized carbons (Fsp3) is 0.500. The third-order valence-electron chi connectivity index (χ3n) is 5.20. The van der Waals surface area contributed by atoms with E-state index >= 15 is 0 Å². The number of aliphatic hydroxyl groups is 1. The summed E-state index contributed by atoms with van der Waals surface area (Å²) in [5.41, 5.74) is -0.852. The van der Waals surface area contributed by atoms with Crippen LogP contribution in [-0.4, -0.2) is 50.3 Å². The van der Waals surface area contributed by atoms with Crippen molar-refractivity contribution in [1.82, 2.24) is 4.90 Å². The monoisotopic (exact) mass is 376 g/mol. The van der Waals surface area contributed by atoms with Gasteiger partial charge in [0.2, 0.25) is 5.91 Å². The van der Waals surface area contributed by atoms with Gasteiger partial charge in [-0.15, -0.1) is 0 Å². The fourth-order valence-electron chi connectivity index (χ4n) is 3.81. The zero-order chi connectivity index (χ0) is 20.1. The van der Waals surface area contributed by atoms with E-state index in [4.69, 9.17) is 4.74 Å². The Morgan fingerprint density at radius 3 is 2.41 bits per heavy atom. The molecule has 2 heterocycles. The van der Waals surface area contributed by atoms with Crippen molar-refractivity contribution in [3.05, 3.63) is 39.9 Å². The summed E-state index contributed by atoms with van der Waals surface area (Å²) in [5, 5.41) is 20.8. The molecule has 2 saturated heterocycles. The smallest absolute Gasteiger partial charge is 0.337 e. The molecule has 4 atom stereocenters. The molecule has 0 spiro atoms. The van der Waals surface area contributed by atoms with E-state index in [2.05, 4.69) is 0 Å². The van der Waals surface area contributed by atoms with Gasteiger partial charge in [0.1, 0.15) is 6.61 Å². The summed E-state index contributed by atoms with van der Waals surface area (Å²) in [5.74, 6) is -2.99. The van der Waals surface area contributed by atoms with Crippen molar-refractivity contribution in [2.24, 2.45) is 11.8 Å². The van der Waals surface area contributed by atoms with Crippen molar-refractivity contribution in [2.75, 3.05) is 0 Å². The van der Waals surface area contributed by atoms with Crippen molar-refractivity contribution in [3.63, 3.8) is 0 Å². The van der Waals surface area contributed by atoms with E-state index in [1.165, 1.54) is 43.0 Å². The molecule has 0 aromatic heterocycles. The van der Waals surface area contributed by atoms with Crippen molar-refractivity contribution in [1.29, 1.82) is 0 Å². The van der Waals surface area contributed by atoms with Gasteiger partial charge in [0, 0.05) is 18.1 Å². The summed E-state index contributed by atoms with van der Waals surface area (Å²) in [6, 6.07) is 3.64. The average Bonchev–Trinajstić information content (AvgIpc) is 2.80. The van der Waals surface area contributed by atoms with Crippen LogP contribution in [0.15, 0.2) is 24.3 Å². The lowest BCUT2D eigenvalue weighted by atomic mass is 9.73. The first-order chi connectivity index (χ1) is 12.5. The second kappa shape index (κ2) is 6.41. The fourth-order valence-corrected chi connectivity index (χ4v) is 3.81. The number of nitro benzene ring substituents is 1. The van der Waals surface area contributed by atoms with Gasteiger partial charge in [-0.05, 0) is 31.5 Å². The highest BCUT2D eigenvalue weighted by Crippen LogP contribution is 2.46. The highest BCUT2D eigenvalue weighted by atomic mass is 16.6. The molecule has 2 aliphatic heterocycles. The van der Waals surface area contributed by atoms with Crippen LogP contribution < -0.4 is 0 Å². The number of carbonyl (C=O) groups is 3. The number of nitro groups is 1. The summed E-state index contributed by atoms with van der Waals surface area (Å²) in [4.78, 5) is 48.7. The third-order valence-corrected chi connectivity index (χ3v) is 5.20. The Morgan fingerprint density at radius 1 is 1.30 bits per heavy atom. The van der Waals surface area contributed by atoms with Gasteiger partial charge < -0.3 is 14.7 Å². The molecular formula is C18H20N2O7. The van der Waals surface area contributed by atoms with Crippen LogP contribution in [0.1, 0.15) is 26.3 Å². The number of ether oxygens (including phenoxy) is 1. The molecule has 144 valence electrons. The molecule has 0 saturated carbocycles. The van der Waals surface area contributed by atoms with Crippen LogP contribution in [0.5, 0.6) is 0 Å². The second-order valence-corrected chi connectivity index (χ2v) is 7.49.